The van der Waals surface area contributed by atoms with Gasteiger partial charge in [-0.25, -0.2) is 4.79 Å². The normalized spacial score (nSPS) is 21.6. The van der Waals surface area contributed by atoms with Gasteiger partial charge >= 0.3 is 6.09 Å². The molecule has 0 radical (unpaired) electrons. The molecule has 1 fully saturated rings. The van der Waals surface area contributed by atoms with Crippen LogP contribution in [0.2, 0.25) is 0 Å². The molecule has 0 aromatic carbocycles. The van der Waals surface area contributed by atoms with Crippen molar-refractivity contribution in [2.75, 3.05) is 19.7 Å². The van der Waals surface area contributed by atoms with Crippen LogP contribution in [0.1, 0.15) is 53.4 Å². The number of hydrogen-bond donors (Lipinski definition) is 2. The van der Waals surface area contributed by atoms with Gasteiger partial charge in [-0.1, -0.05) is 0 Å². The molecule has 1 saturated heterocycles. The first-order valence-corrected chi connectivity index (χ1v) is 7.66. The number of hydrogen-bond acceptors (Lipinski definition) is 4. The molecule has 1 aliphatic heterocycles. The van der Waals surface area contributed by atoms with E-state index in [-0.39, 0.29) is 12.7 Å². The number of likely N-dealkylation sites (tertiary alicyclic amines) is 1. The van der Waals surface area contributed by atoms with Crippen LogP contribution in [0.15, 0.2) is 0 Å². The maximum Gasteiger partial charge on any atom is 0.410 e. The number of nitrogens with zero attached hydrogens (tertiary/aromatic N) is 1. The molecule has 0 aromatic heterocycles. The van der Waals surface area contributed by atoms with Crippen molar-refractivity contribution in [1.29, 1.82) is 0 Å². The topological polar surface area (TPSA) is 61.8 Å². The summed E-state index contributed by atoms with van der Waals surface area (Å²) in [5.74, 6) is 0. The summed E-state index contributed by atoms with van der Waals surface area (Å²) in [6.07, 6.45) is 3.65. The minimum Gasteiger partial charge on any atom is -0.444 e. The highest BCUT2D eigenvalue weighted by Crippen LogP contribution is 2.16. The second-order valence-electron chi connectivity index (χ2n) is 6.70. The van der Waals surface area contributed by atoms with Crippen molar-refractivity contribution in [1.82, 2.24) is 10.2 Å². The van der Waals surface area contributed by atoms with Gasteiger partial charge in [0.05, 0.1) is 0 Å². The van der Waals surface area contributed by atoms with Crippen LogP contribution < -0.4 is 5.32 Å². The summed E-state index contributed by atoms with van der Waals surface area (Å²) < 4.78 is 5.42. The van der Waals surface area contributed by atoms with E-state index in [1.54, 1.807) is 4.90 Å². The highest BCUT2D eigenvalue weighted by Gasteiger charge is 2.27. The third-order valence-corrected chi connectivity index (χ3v) is 3.39. The summed E-state index contributed by atoms with van der Waals surface area (Å²) in [5.41, 5.74) is -0.439. The van der Waals surface area contributed by atoms with Crippen LogP contribution >= 0.6 is 0 Å². The second kappa shape index (κ2) is 7.84. The van der Waals surface area contributed by atoms with Gasteiger partial charge in [-0.05, 0) is 53.4 Å². The highest BCUT2D eigenvalue weighted by molar-refractivity contribution is 5.68. The predicted molar refractivity (Wildman–Crippen MR) is 79.7 cm³/mol. The van der Waals surface area contributed by atoms with Crippen molar-refractivity contribution in [3.8, 4) is 0 Å². The van der Waals surface area contributed by atoms with Crippen molar-refractivity contribution in [2.45, 2.75) is 71.1 Å². The first-order valence-electron chi connectivity index (χ1n) is 7.66. The van der Waals surface area contributed by atoms with Crippen LogP contribution in [-0.2, 0) is 4.74 Å². The van der Waals surface area contributed by atoms with Gasteiger partial charge < -0.3 is 20.1 Å². The lowest BCUT2D eigenvalue weighted by atomic mass is 10.0. The van der Waals surface area contributed by atoms with Crippen LogP contribution in [0.25, 0.3) is 0 Å². The highest BCUT2D eigenvalue weighted by atomic mass is 16.6. The Morgan fingerprint density at radius 2 is 2.20 bits per heavy atom. The van der Waals surface area contributed by atoms with Crippen LogP contribution in [0.4, 0.5) is 4.79 Å². The first kappa shape index (κ1) is 17.2. The molecule has 118 valence electrons. The largest absolute Gasteiger partial charge is 0.444 e. The van der Waals surface area contributed by atoms with E-state index >= 15 is 0 Å². The Kier molecular flexibility index (Phi) is 6.76. The smallest absolute Gasteiger partial charge is 0.410 e. The summed E-state index contributed by atoms with van der Waals surface area (Å²) >= 11 is 0. The Bertz CT molecular complexity index is 302. The molecule has 0 bridgehead atoms. The van der Waals surface area contributed by atoms with E-state index in [0.29, 0.717) is 18.6 Å². The molecule has 2 atom stereocenters. The van der Waals surface area contributed by atoms with Gasteiger partial charge in [0, 0.05) is 31.8 Å². The molecule has 0 aromatic rings. The van der Waals surface area contributed by atoms with E-state index in [9.17, 15) is 4.79 Å². The summed E-state index contributed by atoms with van der Waals surface area (Å²) in [5, 5.41) is 12.4. The molecule has 20 heavy (non-hydrogen) atoms. The number of amides is 1. The van der Waals surface area contributed by atoms with Gasteiger partial charge in [-0.2, -0.15) is 0 Å². The SMILES string of the molecule is C[C@@H](CCCO)N[C@H]1CCCN(C(=O)OC(C)(C)C)C1. The van der Waals surface area contributed by atoms with E-state index in [1.165, 1.54) is 0 Å². The zero-order valence-electron chi connectivity index (χ0n) is 13.3. The Morgan fingerprint density at radius 1 is 1.50 bits per heavy atom. The fourth-order valence-electron chi connectivity index (χ4n) is 2.49. The quantitative estimate of drug-likeness (QED) is 0.813. The summed E-state index contributed by atoms with van der Waals surface area (Å²) in [6.45, 7) is 9.52. The number of piperidine rings is 1. The zero-order chi connectivity index (χ0) is 15.2. The van der Waals surface area contributed by atoms with Gasteiger partial charge in [-0.15, -0.1) is 0 Å². The lowest BCUT2D eigenvalue weighted by Gasteiger charge is -2.35. The molecule has 0 unspecified atom stereocenters. The number of carbonyl (C=O) groups excluding carboxylic acids is 1. The van der Waals surface area contributed by atoms with Crippen molar-refractivity contribution in [3.63, 3.8) is 0 Å². The molecular weight excluding hydrogens is 256 g/mol. The minimum atomic E-state index is -0.439. The van der Waals surface area contributed by atoms with Gasteiger partial charge in [0.1, 0.15) is 5.60 Å². The maximum atomic E-state index is 12.1. The third kappa shape index (κ3) is 6.57. The predicted octanol–water partition coefficient (Wildman–Crippen LogP) is 2.14. The molecule has 0 aliphatic carbocycles. The first-order chi connectivity index (χ1) is 9.31. The minimum absolute atomic E-state index is 0.216. The molecule has 5 nitrogen and oxygen atoms in total. The second-order valence-corrected chi connectivity index (χ2v) is 6.70. The summed E-state index contributed by atoms with van der Waals surface area (Å²) in [6, 6.07) is 0.690. The van der Waals surface area contributed by atoms with Crippen molar-refractivity contribution in [3.05, 3.63) is 0 Å². The van der Waals surface area contributed by atoms with E-state index in [0.717, 1.165) is 32.2 Å². The lowest BCUT2D eigenvalue weighted by Crippen LogP contribution is -2.51. The molecule has 1 heterocycles. The molecular formula is C15H30N2O3. The molecule has 1 aliphatic rings. The molecule has 1 amide bonds. The zero-order valence-corrected chi connectivity index (χ0v) is 13.3. The van der Waals surface area contributed by atoms with Gasteiger partial charge in [0.25, 0.3) is 0 Å². The summed E-state index contributed by atoms with van der Waals surface area (Å²) in [4.78, 5) is 13.9. The Hall–Kier alpha value is -0.810. The van der Waals surface area contributed by atoms with Crippen LogP contribution in [-0.4, -0.2) is 53.5 Å². The van der Waals surface area contributed by atoms with Crippen molar-refractivity contribution in [2.24, 2.45) is 0 Å². The van der Waals surface area contributed by atoms with Crippen LogP contribution in [0.3, 0.4) is 0 Å². The van der Waals surface area contributed by atoms with Crippen molar-refractivity contribution < 1.29 is 14.6 Å². The average Bonchev–Trinajstić information content (AvgIpc) is 2.34. The third-order valence-electron chi connectivity index (χ3n) is 3.39. The Balaban J connectivity index is 2.40. The summed E-state index contributed by atoms with van der Waals surface area (Å²) in [7, 11) is 0. The molecule has 1 rings (SSSR count). The molecule has 0 saturated carbocycles. The Morgan fingerprint density at radius 3 is 2.80 bits per heavy atom. The van der Waals surface area contributed by atoms with E-state index in [1.807, 2.05) is 20.8 Å². The van der Waals surface area contributed by atoms with Gasteiger partial charge in [0.15, 0.2) is 0 Å². The number of aliphatic hydroxyl groups is 1. The molecule has 5 heteroatoms. The fourth-order valence-corrected chi connectivity index (χ4v) is 2.49. The number of rotatable bonds is 5. The van der Waals surface area contributed by atoms with E-state index in [4.69, 9.17) is 9.84 Å². The van der Waals surface area contributed by atoms with Gasteiger partial charge in [-0.3, -0.25) is 0 Å². The number of ether oxygens (including phenoxy) is 1. The number of aliphatic hydroxyl groups excluding tert-OH is 1. The standard InChI is InChI=1S/C15H30N2O3/c1-12(7-6-10-18)16-13-8-5-9-17(11-13)14(19)20-15(2,3)4/h12-13,16,18H,5-11H2,1-4H3/t12-,13-/m0/s1. The monoisotopic (exact) mass is 286 g/mol. The lowest BCUT2D eigenvalue weighted by molar-refractivity contribution is 0.0183. The number of nitrogens with one attached hydrogen (secondary N) is 1. The van der Waals surface area contributed by atoms with Crippen molar-refractivity contribution >= 4 is 6.09 Å². The molecule has 0 spiro atoms. The van der Waals surface area contributed by atoms with E-state index < -0.39 is 5.60 Å². The van der Waals surface area contributed by atoms with Crippen LogP contribution in [0.5, 0.6) is 0 Å². The molecule has 2 N–H and O–H groups in total. The van der Waals surface area contributed by atoms with Crippen LogP contribution in [0, 0.1) is 0 Å². The maximum absolute atomic E-state index is 12.1. The fraction of sp³-hybridized carbons (Fsp3) is 0.933. The van der Waals surface area contributed by atoms with Gasteiger partial charge in [0.2, 0.25) is 0 Å². The average molecular weight is 286 g/mol. The Labute approximate surface area is 122 Å². The number of carbonyl (C=O) groups is 1. The van der Waals surface area contributed by atoms with E-state index in [2.05, 4.69) is 12.2 Å².